The number of aliphatic hydroxyl groups excluding tert-OH is 5. The molecule has 0 aromatic rings. The summed E-state index contributed by atoms with van der Waals surface area (Å²) < 4.78 is 14.8. The first kappa shape index (κ1) is 18.0. The summed E-state index contributed by atoms with van der Waals surface area (Å²) in [7, 11) is 1.26. The summed E-state index contributed by atoms with van der Waals surface area (Å²) in [6.45, 7) is 1.99. The molecular weight excluding hydrogens is 288 g/mol. The van der Waals surface area contributed by atoms with E-state index in [1.807, 2.05) is 0 Å². The van der Waals surface area contributed by atoms with Crippen LogP contribution < -0.4 is 0 Å². The molecule has 1 heterocycles. The van der Waals surface area contributed by atoms with Crippen molar-refractivity contribution in [3.8, 4) is 0 Å². The molecule has 3 unspecified atom stereocenters. The van der Waals surface area contributed by atoms with Crippen LogP contribution in [0.15, 0.2) is 12.2 Å². The van der Waals surface area contributed by atoms with Gasteiger partial charge in [-0.15, -0.1) is 0 Å². The lowest BCUT2D eigenvalue weighted by atomic mass is 9.99. The minimum atomic E-state index is -1.61. The van der Waals surface area contributed by atoms with Gasteiger partial charge in [-0.2, -0.15) is 0 Å². The summed E-state index contributed by atoms with van der Waals surface area (Å²) in [6.07, 6.45) is -8.15. The highest BCUT2D eigenvalue weighted by Gasteiger charge is 2.46. The maximum absolute atomic E-state index is 11.7. The molecule has 9 heteroatoms. The van der Waals surface area contributed by atoms with Crippen LogP contribution >= 0.6 is 0 Å². The zero-order chi connectivity index (χ0) is 16.2. The van der Waals surface area contributed by atoms with Crippen molar-refractivity contribution in [1.29, 1.82) is 0 Å². The molecule has 9 nitrogen and oxygen atoms in total. The van der Waals surface area contributed by atoms with E-state index in [0.717, 1.165) is 0 Å². The van der Waals surface area contributed by atoms with Crippen LogP contribution in [-0.4, -0.2) is 88.6 Å². The van der Waals surface area contributed by atoms with E-state index in [1.165, 1.54) is 7.11 Å². The standard InChI is InChI=1S/C12H20O9/c1-5(6(15)3-13)11(18)21-12-9(17)8(16)10(19-2)7(4-14)20-12/h6-10,12-17H,1,3-4H2,2H3/t6-,7?,8?,9?,10-,12+/m1/s1. The fraction of sp³-hybridized carbons (Fsp3) is 0.750. The molecule has 6 atom stereocenters. The molecule has 0 amide bonds. The van der Waals surface area contributed by atoms with Gasteiger partial charge < -0.3 is 39.7 Å². The Balaban J connectivity index is 2.75. The largest absolute Gasteiger partial charge is 0.429 e. The van der Waals surface area contributed by atoms with E-state index in [9.17, 15) is 20.1 Å². The zero-order valence-electron chi connectivity index (χ0n) is 11.5. The number of aliphatic hydroxyl groups is 5. The summed E-state index contributed by atoms with van der Waals surface area (Å²) in [5.74, 6) is -1.11. The van der Waals surface area contributed by atoms with Gasteiger partial charge in [0.1, 0.15) is 30.5 Å². The molecule has 1 aliphatic heterocycles. The fourth-order valence-corrected chi connectivity index (χ4v) is 1.87. The first-order valence-electron chi connectivity index (χ1n) is 6.21. The number of carbonyl (C=O) groups excluding carboxylic acids is 1. The summed E-state index contributed by atoms with van der Waals surface area (Å²) >= 11 is 0. The van der Waals surface area contributed by atoms with Crippen LogP contribution in [0.4, 0.5) is 0 Å². The van der Waals surface area contributed by atoms with Crippen molar-refractivity contribution in [2.75, 3.05) is 20.3 Å². The lowest BCUT2D eigenvalue weighted by molar-refractivity contribution is -0.295. The molecule has 21 heavy (non-hydrogen) atoms. The Bertz CT molecular complexity index is 370. The number of esters is 1. The average molecular weight is 308 g/mol. The van der Waals surface area contributed by atoms with Crippen molar-refractivity contribution in [2.24, 2.45) is 0 Å². The van der Waals surface area contributed by atoms with Gasteiger partial charge in [-0.25, -0.2) is 4.79 Å². The molecule has 0 aromatic heterocycles. The molecule has 0 saturated carbocycles. The second-order valence-electron chi connectivity index (χ2n) is 4.54. The van der Waals surface area contributed by atoms with Crippen molar-refractivity contribution >= 4 is 5.97 Å². The van der Waals surface area contributed by atoms with E-state index < -0.39 is 61.6 Å². The Kier molecular flexibility index (Phi) is 6.68. The highest BCUT2D eigenvalue weighted by molar-refractivity contribution is 5.88. The van der Waals surface area contributed by atoms with E-state index in [2.05, 4.69) is 6.58 Å². The van der Waals surface area contributed by atoms with E-state index in [0.29, 0.717) is 0 Å². The van der Waals surface area contributed by atoms with Gasteiger partial charge in [0.2, 0.25) is 6.29 Å². The number of methoxy groups -OCH3 is 1. The van der Waals surface area contributed by atoms with Gasteiger partial charge in [0.15, 0.2) is 0 Å². The Morgan fingerprint density at radius 3 is 2.43 bits per heavy atom. The number of hydrogen-bond donors (Lipinski definition) is 5. The number of ether oxygens (including phenoxy) is 3. The van der Waals surface area contributed by atoms with E-state index in [1.54, 1.807) is 0 Å². The van der Waals surface area contributed by atoms with Crippen molar-refractivity contribution in [1.82, 2.24) is 0 Å². The first-order chi connectivity index (χ1) is 9.87. The topological polar surface area (TPSA) is 146 Å². The van der Waals surface area contributed by atoms with Gasteiger partial charge in [0, 0.05) is 7.11 Å². The normalized spacial score (nSPS) is 34.3. The van der Waals surface area contributed by atoms with Gasteiger partial charge in [0.25, 0.3) is 0 Å². The van der Waals surface area contributed by atoms with Crippen LogP contribution in [0.25, 0.3) is 0 Å². The Morgan fingerprint density at radius 1 is 1.33 bits per heavy atom. The third-order valence-corrected chi connectivity index (χ3v) is 3.15. The predicted octanol–water partition coefficient (Wildman–Crippen LogP) is -3.11. The van der Waals surface area contributed by atoms with Crippen LogP contribution in [0.5, 0.6) is 0 Å². The first-order valence-corrected chi connectivity index (χ1v) is 6.21. The van der Waals surface area contributed by atoms with E-state index >= 15 is 0 Å². The molecule has 0 bridgehead atoms. The Labute approximate surface area is 121 Å². The highest BCUT2D eigenvalue weighted by Crippen LogP contribution is 2.24. The van der Waals surface area contributed by atoms with Crippen LogP contribution in [0.1, 0.15) is 0 Å². The van der Waals surface area contributed by atoms with Gasteiger partial charge >= 0.3 is 5.97 Å². The molecular formula is C12H20O9. The molecule has 1 rings (SSSR count). The van der Waals surface area contributed by atoms with Gasteiger partial charge in [-0.3, -0.25) is 0 Å². The summed E-state index contributed by atoms with van der Waals surface area (Å²) in [4.78, 5) is 11.7. The molecule has 1 fully saturated rings. The minimum absolute atomic E-state index is 0.433. The SMILES string of the molecule is C=C(C(=O)O[C@@H]1OC(CO)[C@@H](OC)C(O)C1O)[C@H](O)CO. The Hall–Kier alpha value is -1.07. The highest BCUT2D eigenvalue weighted by atomic mass is 16.7. The number of carbonyl (C=O) groups is 1. The molecule has 1 saturated heterocycles. The van der Waals surface area contributed by atoms with Crippen LogP contribution in [0.3, 0.4) is 0 Å². The molecule has 0 aromatic carbocycles. The predicted molar refractivity (Wildman–Crippen MR) is 66.9 cm³/mol. The zero-order valence-corrected chi connectivity index (χ0v) is 11.5. The Morgan fingerprint density at radius 2 is 1.95 bits per heavy atom. The van der Waals surface area contributed by atoms with Crippen molar-refractivity contribution in [3.63, 3.8) is 0 Å². The minimum Gasteiger partial charge on any atom is -0.429 e. The molecule has 5 N–H and O–H groups in total. The van der Waals surface area contributed by atoms with Gasteiger partial charge in [-0.05, 0) is 0 Å². The monoisotopic (exact) mass is 308 g/mol. The molecule has 122 valence electrons. The fourth-order valence-electron chi connectivity index (χ4n) is 1.87. The number of rotatable bonds is 6. The maximum atomic E-state index is 11.7. The van der Waals surface area contributed by atoms with Gasteiger partial charge in [0.05, 0.1) is 18.8 Å². The third-order valence-electron chi connectivity index (χ3n) is 3.15. The summed E-state index contributed by atoms with van der Waals surface area (Å²) in [5.41, 5.74) is -0.433. The molecule has 0 aliphatic carbocycles. The number of hydrogen-bond acceptors (Lipinski definition) is 9. The van der Waals surface area contributed by atoms with E-state index in [4.69, 9.17) is 24.4 Å². The molecule has 0 radical (unpaired) electrons. The lowest BCUT2D eigenvalue weighted by Crippen LogP contribution is -2.60. The lowest BCUT2D eigenvalue weighted by Gasteiger charge is -2.40. The second-order valence-corrected chi connectivity index (χ2v) is 4.54. The van der Waals surface area contributed by atoms with Crippen molar-refractivity contribution in [2.45, 2.75) is 36.8 Å². The van der Waals surface area contributed by atoms with Crippen LogP contribution in [0, 0.1) is 0 Å². The summed E-state index contributed by atoms with van der Waals surface area (Å²) in [6, 6.07) is 0. The molecule has 1 aliphatic rings. The quantitative estimate of drug-likeness (QED) is 0.254. The maximum Gasteiger partial charge on any atom is 0.338 e. The summed E-state index contributed by atoms with van der Waals surface area (Å²) in [5, 5.41) is 46.8. The van der Waals surface area contributed by atoms with E-state index in [-0.39, 0.29) is 0 Å². The van der Waals surface area contributed by atoms with Crippen molar-refractivity contribution < 1.29 is 44.5 Å². The average Bonchev–Trinajstić information content (AvgIpc) is 2.49. The van der Waals surface area contributed by atoms with Crippen LogP contribution in [0.2, 0.25) is 0 Å². The molecule has 0 spiro atoms. The smallest absolute Gasteiger partial charge is 0.338 e. The van der Waals surface area contributed by atoms with Crippen LogP contribution in [-0.2, 0) is 19.0 Å². The van der Waals surface area contributed by atoms with Crippen molar-refractivity contribution in [3.05, 3.63) is 12.2 Å². The second kappa shape index (κ2) is 7.80. The van der Waals surface area contributed by atoms with Gasteiger partial charge in [-0.1, -0.05) is 6.58 Å². The third kappa shape index (κ3) is 3.98.